The molecular weight excluding hydrogens is 211 g/mol. The second kappa shape index (κ2) is 3.59. The van der Waals surface area contributed by atoms with Crippen molar-refractivity contribution in [1.29, 1.82) is 0 Å². The van der Waals surface area contributed by atoms with Gasteiger partial charge in [0.05, 0.1) is 12.8 Å². The molecule has 0 unspecified atom stereocenters. The summed E-state index contributed by atoms with van der Waals surface area (Å²) in [6.07, 6.45) is 1.25. The summed E-state index contributed by atoms with van der Waals surface area (Å²) in [5, 5.41) is 0. The number of hydrogen-bond donors (Lipinski definition) is 0. The number of esters is 1. The molecule has 0 aliphatic heterocycles. The van der Waals surface area contributed by atoms with Gasteiger partial charge < -0.3 is 4.74 Å². The number of nitrogens with zero attached hydrogens (tertiary/aromatic N) is 2. The second-order valence-electron chi connectivity index (χ2n) is 3.57. The Bertz CT molecular complexity index is 575. The number of rotatable bonds is 1. The van der Waals surface area contributed by atoms with E-state index in [1.807, 2.05) is 0 Å². The molecule has 0 atom stereocenters. The van der Waals surface area contributed by atoms with Crippen LogP contribution in [-0.2, 0) is 4.74 Å². The van der Waals surface area contributed by atoms with Crippen LogP contribution in [0.15, 0.2) is 12.3 Å². The van der Waals surface area contributed by atoms with Gasteiger partial charge in [0.25, 0.3) is 0 Å². The minimum absolute atomic E-state index is 0.261. The van der Waals surface area contributed by atoms with Crippen LogP contribution in [0.1, 0.15) is 21.7 Å². The molecule has 0 saturated carbocycles. The lowest BCUT2D eigenvalue weighted by Gasteiger charge is -2.02. The van der Waals surface area contributed by atoms with Crippen LogP contribution in [0.3, 0.4) is 0 Å². The molecule has 2 aromatic rings. The van der Waals surface area contributed by atoms with Crippen molar-refractivity contribution in [2.24, 2.45) is 0 Å². The van der Waals surface area contributed by atoms with Gasteiger partial charge in [-0.25, -0.2) is 14.2 Å². The highest BCUT2D eigenvalue weighted by molar-refractivity contribution is 5.89. The van der Waals surface area contributed by atoms with Crippen LogP contribution in [0.5, 0.6) is 0 Å². The first-order valence-electron chi connectivity index (χ1n) is 4.77. The molecule has 2 aromatic heterocycles. The monoisotopic (exact) mass is 222 g/mol. The number of halogens is 1. The van der Waals surface area contributed by atoms with Crippen molar-refractivity contribution in [3.63, 3.8) is 0 Å². The molecule has 0 aliphatic carbocycles. The Hall–Kier alpha value is -1.91. The Balaban J connectivity index is 2.79. The van der Waals surface area contributed by atoms with Gasteiger partial charge in [-0.3, -0.25) is 4.40 Å². The molecule has 0 saturated heterocycles. The van der Waals surface area contributed by atoms with Gasteiger partial charge in [-0.2, -0.15) is 0 Å². The summed E-state index contributed by atoms with van der Waals surface area (Å²) in [4.78, 5) is 15.7. The fraction of sp³-hybridized carbons (Fsp3) is 0.273. The molecule has 2 rings (SSSR count). The lowest BCUT2D eigenvalue weighted by molar-refractivity contribution is 0.0592. The summed E-state index contributed by atoms with van der Waals surface area (Å²) in [6.45, 7) is 3.34. The zero-order chi connectivity index (χ0) is 11.9. The molecular formula is C11H11FN2O2. The number of hydrogen-bond acceptors (Lipinski definition) is 3. The van der Waals surface area contributed by atoms with Gasteiger partial charge in [-0.1, -0.05) is 0 Å². The van der Waals surface area contributed by atoms with Crippen LogP contribution in [0.4, 0.5) is 4.39 Å². The van der Waals surface area contributed by atoms with Gasteiger partial charge >= 0.3 is 5.97 Å². The number of carbonyl (C=O) groups is 1. The van der Waals surface area contributed by atoms with Crippen LogP contribution in [-0.4, -0.2) is 22.5 Å². The normalized spacial score (nSPS) is 10.8. The van der Waals surface area contributed by atoms with E-state index in [1.165, 1.54) is 17.7 Å². The SMILES string of the molecule is COC(=O)c1c(C)nc2cc(C)c(F)cn12. The number of aryl methyl sites for hydroxylation is 2. The van der Waals surface area contributed by atoms with Gasteiger partial charge in [0.1, 0.15) is 11.5 Å². The largest absolute Gasteiger partial charge is 0.464 e. The summed E-state index contributed by atoms with van der Waals surface area (Å²) in [7, 11) is 1.28. The van der Waals surface area contributed by atoms with Crippen molar-refractivity contribution in [2.45, 2.75) is 13.8 Å². The number of ether oxygens (including phenoxy) is 1. The summed E-state index contributed by atoms with van der Waals surface area (Å²) < 4.78 is 19.4. The number of methoxy groups -OCH3 is 1. The van der Waals surface area contributed by atoms with Gasteiger partial charge in [0, 0.05) is 6.20 Å². The van der Waals surface area contributed by atoms with Crippen molar-refractivity contribution < 1.29 is 13.9 Å². The molecule has 84 valence electrons. The van der Waals surface area contributed by atoms with Crippen LogP contribution < -0.4 is 0 Å². The maximum atomic E-state index is 13.4. The molecule has 16 heavy (non-hydrogen) atoms. The predicted molar refractivity (Wildman–Crippen MR) is 56.0 cm³/mol. The Morgan fingerprint density at radius 3 is 2.81 bits per heavy atom. The highest BCUT2D eigenvalue weighted by atomic mass is 19.1. The van der Waals surface area contributed by atoms with Crippen molar-refractivity contribution in [3.8, 4) is 0 Å². The van der Waals surface area contributed by atoms with E-state index in [0.717, 1.165) is 0 Å². The summed E-state index contributed by atoms with van der Waals surface area (Å²) >= 11 is 0. The van der Waals surface area contributed by atoms with E-state index in [1.54, 1.807) is 19.9 Å². The van der Waals surface area contributed by atoms with E-state index in [9.17, 15) is 9.18 Å². The van der Waals surface area contributed by atoms with Gasteiger partial charge in [0.2, 0.25) is 0 Å². The summed E-state index contributed by atoms with van der Waals surface area (Å²) in [6, 6.07) is 1.59. The van der Waals surface area contributed by atoms with Crippen molar-refractivity contribution in [2.75, 3.05) is 7.11 Å². The molecule has 0 N–H and O–H groups in total. The number of pyridine rings is 1. The summed E-state index contributed by atoms with van der Waals surface area (Å²) in [5.74, 6) is -0.900. The minimum atomic E-state index is -0.520. The predicted octanol–water partition coefficient (Wildman–Crippen LogP) is 1.88. The molecule has 2 heterocycles. The van der Waals surface area contributed by atoms with Crippen molar-refractivity contribution in [3.05, 3.63) is 35.0 Å². The molecule has 4 nitrogen and oxygen atoms in total. The molecule has 0 aromatic carbocycles. The van der Waals surface area contributed by atoms with E-state index < -0.39 is 5.97 Å². The van der Waals surface area contributed by atoms with Crippen LogP contribution in [0.25, 0.3) is 5.65 Å². The Morgan fingerprint density at radius 2 is 2.19 bits per heavy atom. The van der Waals surface area contributed by atoms with E-state index in [-0.39, 0.29) is 11.5 Å². The summed E-state index contributed by atoms with van der Waals surface area (Å²) in [5.41, 5.74) is 1.82. The van der Waals surface area contributed by atoms with E-state index in [4.69, 9.17) is 0 Å². The van der Waals surface area contributed by atoms with E-state index in [0.29, 0.717) is 16.9 Å². The maximum absolute atomic E-state index is 13.4. The van der Waals surface area contributed by atoms with Crippen molar-refractivity contribution in [1.82, 2.24) is 9.38 Å². The Kier molecular flexibility index (Phi) is 2.38. The third-order valence-electron chi connectivity index (χ3n) is 2.46. The third-order valence-corrected chi connectivity index (χ3v) is 2.46. The quantitative estimate of drug-likeness (QED) is 0.692. The third kappa shape index (κ3) is 1.44. The molecule has 0 radical (unpaired) electrons. The smallest absolute Gasteiger partial charge is 0.356 e. The van der Waals surface area contributed by atoms with Gasteiger partial charge in [0.15, 0.2) is 5.69 Å². The second-order valence-corrected chi connectivity index (χ2v) is 3.57. The van der Waals surface area contributed by atoms with Crippen molar-refractivity contribution >= 4 is 11.6 Å². The Morgan fingerprint density at radius 1 is 1.50 bits per heavy atom. The molecule has 5 heteroatoms. The lowest BCUT2D eigenvalue weighted by Crippen LogP contribution is -2.07. The Labute approximate surface area is 91.7 Å². The topological polar surface area (TPSA) is 43.6 Å². The maximum Gasteiger partial charge on any atom is 0.356 e. The fourth-order valence-electron chi connectivity index (χ4n) is 1.62. The van der Waals surface area contributed by atoms with Crippen LogP contribution in [0.2, 0.25) is 0 Å². The average molecular weight is 222 g/mol. The van der Waals surface area contributed by atoms with Gasteiger partial charge in [-0.15, -0.1) is 0 Å². The zero-order valence-corrected chi connectivity index (χ0v) is 9.24. The molecule has 0 aliphatic rings. The first-order valence-corrected chi connectivity index (χ1v) is 4.77. The zero-order valence-electron chi connectivity index (χ0n) is 9.24. The average Bonchev–Trinajstić information content (AvgIpc) is 2.54. The highest BCUT2D eigenvalue weighted by Gasteiger charge is 2.17. The number of imidazole rings is 1. The fourth-order valence-corrected chi connectivity index (χ4v) is 1.62. The molecule has 0 fully saturated rings. The molecule has 0 spiro atoms. The number of carbonyl (C=O) groups excluding carboxylic acids is 1. The van der Waals surface area contributed by atoms with E-state index in [2.05, 4.69) is 9.72 Å². The van der Waals surface area contributed by atoms with Gasteiger partial charge in [-0.05, 0) is 25.5 Å². The van der Waals surface area contributed by atoms with Crippen LogP contribution in [0, 0.1) is 19.7 Å². The lowest BCUT2D eigenvalue weighted by atomic mass is 10.3. The first-order chi connectivity index (χ1) is 7.54. The van der Waals surface area contributed by atoms with Crippen LogP contribution >= 0.6 is 0 Å². The molecule has 0 bridgehead atoms. The number of aromatic nitrogens is 2. The highest BCUT2D eigenvalue weighted by Crippen LogP contribution is 2.16. The van der Waals surface area contributed by atoms with E-state index >= 15 is 0 Å². The molecule has 0 amide bonds. The minimum Gasteiger partial charge on any atom is -0.464 e. The number of fused-ring (bicyclic) bond motifs is 1. The first kappa shape index (κ1) is 10.6. The standard InChI is InChI=1S/C11H11FN2O2/c1-6-4-9-13-7(2)10(11(15)16-3)14(9)5-8(6)12/h4-5H,1-3H3.